The van der Waals surface area contributed by atoms with Gasteiger partial charge in [-0.2, -0.15) is 0 Å². The number of unbranched alkanes of at least 4 members (excludes halogenated alkanes) is 2. The van der Waals surface area contributed by atoms with Crippen molar-refractivity contribution in [2.24, 2.45) is 0 Å². The Kier molecular flexibility index (Phi) is 8.04. The average Bonchev–Trinajstić information content (AvgIpc) is 2.74. The summed E-state index contributed by atoms with van der Waals surface area (Å²) in [6.07, 6.45) is 3.58. The molecule has 0 saturated carbocycles. The molecule has 0 spiro atoms. The number of carbonyl (C=O) groups is 1. The van der Waals surface area contributed by atoms with Gasteiger partial charge in [0, 0.05) is 13.0 Å². The Balaban J connectivity index is 1.50. The normalized spacial score (nSPS) is 12.4. The van der Waals surface area contributed by atoms with Crippen LogP contribution >= 0.6 is 12.2 Å². The molecule has 0 radical (unpaired) electrons. The van der Waals surface area contributed by atoms with E-state index >= 15 is 0 Å². The molecule has 1 heterocycles. The average molecular weight is 489 g/mol. The lowest BCUT2D eigenvalue weighted by molar-refractivity contribution is -0.121. The van der Waals surface area contributed by atoms with Crippen molar-refractivity contribution in [1.29, 1.82) is 0 Å². The summed E-state index contributed by atoms with van der Waals surface area (Å²) in [5, 5.41) is 3.52. The second-order valence-electron chi connectivity index (χ2n) is 7.99. The summed E-state index contributed by atoms with van der Waals surface area (Å²) in [6, 6.07) is 13.9. The van der Waals surface area contributed by atoms with Crippen LogP contribution in [0.3, 0.4) is 0 Å². The van der Waals surface area contributed by atoms with Crippen LogP contribution in [0.25, 0.3) is 10.9 Å². The largest absolute Gasteiger partial charge is 0.350 e. The maximum absolute atomic E-state index is 12.7. The summed E-state index contributed by atoms with van der Waals surface area (Å²) in [7, 11) is -3.42. The lowest BCUT2D eigenvalue weighted by atomic mass is 10.1. The van der Waals surface area contributed by atoms with Gasteiger partial charge in [-0.3, -0.25) is 18.9 Å². The zero-order chi connectivity index (χ0) is 24.0. The van der Waals surface area contributed by atoms with Crippen LogP contribution in [0, 0.1) is 4.77 Å². The Bertz CT molecular complexity index is 1360. The van der Waals surface area contributed by atoms with Gasteiger partial charge in [-0.05, 0) is 55.7 Å². The number of anilines is 1. The number of rotatable bonds is 10. The Hall–Kier alpha value is -2.98. The van der Waals surface area contributed by atoms with Crippen molar-refractivity contribution in [2.45, 2.75) is 45.2 Å². The van der Waals surface area contributed by atoms with E-state index in [0.717, 1.165) is 24.6 Å². The number of H-pyrrole nitrogens is 1. The molecule has 1 aromatic heterocycles. The van der Waals surface area contributed by atoms with E-state index in [-0.39, 0.29) is 17.5 Å². The van der Waals surface area contributed by atoms with Crippen molar-refractivity contribution in [3.8, 4) is 0 Å². The quantitative estimate of drug-likeness (QED) is 0.296. The molecule has 1 unspecified atom stereocenters. The maximum atomic E-state index is 12.7. The van der Waals surface area contributed by atoms with Gasteiger partial charge in [-0.15, -0.1) is 0 Å². The number of carbonyl (C=O) groups excluding carboxylic acids is 1. The SMILES string of the molecule is CC(NC(=O)CCCCCn1c(=S)[nH]c2ccccc2c1=O)c1ccccc1NS(C)(=O)=O. The van der Waals surface area contributed by atoms with Gasteiger partial charge in [0.15, 0.2) is 4.77 Å². The summed E-state index contributed by atoms with van der Waals surface area (Å²) in [5.41, 5.74) is 1.76. The Morgan fingerprint density at radius 3 is 2.55 bits per heavy atom. The van der Waals surface area contributed by atoms with Crippen LogP contribution in [0.4, 0.5) is 5.69 Å². The first kappa shape index (κ1) is 24.7. The molecule has 0 aliphatic carbocycles. The number of hydrogen-bond donors (Lipinski definition) is 3. The number of sulfonamides is 1. The van der Waals surface area contributed by atoms with Crippen LogP contribution in [0.5, 0.6) is 0 Å². The predicted octanol–water partition coefficient (Wildman–Crippen LogP) is 3.87. The number of nitrogens with one attached hydrogen (secondary N) is 3. The molecule has 176 valence electrons. The van der Waals surface area contributed by atoms with Gasteiger partial charge in [0.1, 0.15) is 0 Å². The van der Waals surface area contributed by atoms with Crippen molar-refractivity contribution >= 4 is 44.7 Å². The summed E-state index contributed by atoms with van der Waals surface area (Å²) >= 11 is 5.32. The van der Waals surface area contributed by atoms with Gasteiger partial charge >= 0.3 is 0 Å². The molecule has 3 aromatic rings. The fourth-order valence-corrected chi connectivity index (χ4v) is 4.56. The number of benzene rings is 2. The second kappa shape index (κ2) is 10.8. The Morgan fingerprint density at radius 2 is 1.79 bits per heavy atom. The maximum Gasteiger partial charge on any atom is 0.262 e. The van der Waals surface area contributed by atoms with Gasteiger partial charge < -0.3 is 10.3 Å². The van der Waals surface area contributed by atoms with E-state index < -0.39 is 10.0 Å². The Labute approximate surface area is 198 Å². The van der Waals surface area contributed by atoms with E-state index in [1.807, 2.05) is 25.1 Å². The number of para-hydroxylation sites is 2. The summed E-state index contributed by atoms with van der Waals surface area (Å²) in [4.78, 5) is 28.1. The fourth-order valence-electron chi connectivity index (χ4n) is 3.69. The number of aromatic amines is 1. The van der Waals surface area contributed by atoms with E-state index in [2.05, 4.69) is 15.0 Å². The molecule has 33 heavy (non-hydrogen) atoms. The Morgan fingerprint density at radius 1 is 1.09 bits per heavy atom. The summed E-state index contributed by atoms with van der Waals surface area (Å²) in [6.45, 7) is 2.30. The molecule has 3 rings (SSSR count). The number of aromatic nitrogens is 2. The molecular formula is C23H28N4O4S2. The molecule has 10 heteroatoms. The van der Waals surface area contributed by atoms with Crippen molar-refractivity contribution in [3.63, 3.8) is 0 Å². The zero-order valence-electron chi connectivity index (χ0n) is 18.6. The van der Waals surface area contributed by atoms with Gasteiger partial charge in [0.25, 0.3) is 5.56 Å². The molecule has 1 amide bonds. The van der Waals surface area contributed by atoms with Crippen LogP contribution in [-0.4, -0.2) is 30.1 Å². The van der Waals surface area contributed by atoms with Crippen molar-refractivity contribution < 1.29 is 13.2 Å². The van der Waals surface area contributed by atoms with Gasteiger partial charge in [-0.1, -0.05) is 36.8 Å². The molecule has 0 fully saturated rings. The molecule has 1 atom stereocenters. The van der Waals surface area contributed by atoms with E-state index in [1.54, 1.807) is 34.9 Å². The van der Waals surface area contributed by atoms with Gasteiger partial charge in [0.2, 0.25) is 15.9 Å². The van der Waals surface area contributed by atoms with Crippen LogP contribution in [0.2, 0.25) is 0 Å². The highest BCUT2D eigenvalue weighted by molar-refractivity contribution is 7.92. The van der Waals surface area contributed by atoms with E-state index in [9.17, 15) is 18.0 Å². The first-order chi connectivity index (χ1) is 15.7. The second-order valence-corrected chi connectivity index (χ2v) is 10.1. The molecule has 0 saturated heterocycles. The predicted molar refractivity (Wildman–Crippen MR) is 133 cm³/mol. The fraction of sp³-hybridized carbons (Fsp3) is 0.348. The minimum Gasteiger partial charge on any atom is -0.350 e. The van der Waals surface area contributed by atoms with Gasteiger partial charge in [-0.25, -0.2) is 8.42 Å². The van der Waals surface area contributed by atoms with E-state index in [4.69, 9.17) is 12.2 Å². The van der Waals surface area contributed by atoms with Crippen LogP contribution in [-0.2, 0) is 21.4 Å². The van der Waals surface area contributed by atoms with Crippen LogP contribution < -0.4 is 15.6 Å². The van der Waals surface area contributed by atoms with Crippen molar-refractivity contribution in [2.75, 3.05) is 11.0 Å². The molecule has 3 N–H and O–H groups in total. The minimum absolute atomic E-state index is 0.109. The number of hydrogen-bond acceptors (Lipinski definition) is 5. The number of nitrogens with zero attached hydrogens (tertiary/aromatic N) is 1. The lowest BCUT2D eigenvalue weighted by Gasteiger charge is -2.18. The third kappa shape index (κ3) is 6.75. The first-order valence-corrected chi connectivity index (χ1v) is 13.0. The molecule has 0 aliphatic heterocycles. The van der Waals surface area contributed by atoms with Crippen LogP contribution in [0.1, 0.15) is 44.2 Å². The van der Waals surface area contributed by atoms with Crippen molar-refractivity contribution in [3.05, 3.63) is 69.2 Å². The number of amides is 1. The molecular weight excluding hydrogens is 460 g/mol. The molecule has 0 aliphatic rings. The molecule has 0 bridgehead atoms. The van der Waals surface area contributed by atoms with Gasteiger partial charge in [0.05, 0.1) is 28.9 Å². The summed E-state index contributed by atoms with van der Waals surface area (Å²) < 4.78 is 27.6. The zero-order valence-corrected chi connectivity index (χ0v) is 20.3. The molecule has 2 aromatic carbocycles. The highest BCUT2D eigenvalue weighted by Crippen LogP contribution is 2.23. The summed E-state index contributed by atoms with van der Waals surface area (Å²) in [5.74, 6) is -0.114. The lowest BCUT2D eigenvalue weighted by Crippen LogP contribution is -2.27. The van der Waals surface area contributed by atoms with E-state index in [1.165, 1.54) is 0 Å². The third-order valence-electron chi connectivity index (χ3n) is 5.28. The smallest absolute Gasteiger partial charge is 0.262 e. The topological polar surface area (TPSA) is 113 Å². The first-order valence-electron chi connectivity index (χ1n) is 10.7. The van der Waals surface area contributed by atoms with Crippen molar-refractivity contribution in [1.82, 2.24) is 14.9 Å². The highest BCUT2D eigenvalue weighted by Gasteiger charge is 2.15. The molecule has 8 nitrogen and oxygen atoms in total. The number of fused-ring (bicyclic) bond motifs is 1. The highest BCUT2D eigenvalue weighted by atomic mass is 32.2. The van der Waals surface area contributed by atoms with Crippen LogP contribution in [0.15, 0.2) is 53.3 Å². The third-order valence-corrected chi connectivity index (χ3v) is 6.19. The standard InChI is InChI=1S/C23H28N4O4S2/c1-16(17-10-5-8-13-20(17)26-33(2,30)31)24-21(28)14-4-3-9-15-27-22(29)18-11-6-7-12-19(18)25-23(27)32/h5-8,10-13,16,26H,3-4,9,14-15H2,1-2H3,(H,24,28)(H,25,32). The van der Waals surface area contributed by atoms with E-state index in [0.29, 0.717) is 40.8 Å². The monoisotopic (exact) mass is 488 g/mol. The minimum atomic E-state index is -3.42.